The van der Waals surface area contributed by atoms with E-state index in [2.05, 4.69) is 67.8 Å². The van der Waals surface area contributed by atoms with E-state index < -0.39 is 38.6 Å². The predicted molar refractivity (Wildman–Crippen MR) is 250 cm³/mol. The Morgan fingerprint density at radius 2 is 1.02 bits per heavy atom. The van der Waals surface area contributed by atoms with Crippen molar-refractivity contribution in [2.75, 3.05) is 19.8 Å². The zero-order chi connectivity index (χ0) is 43.3. The SMILES string of the molecule is CCCCCCCC/C=C/CC/C=C/CC/C=C/C(O)C(COP(=O)(O)OCCN)NC(=O)CC(O)CCCCCCC/C=C\C/C=C\CCCCCCCCCCC. The maximum absolute atomic E-state index is 12.8. The zero-order valence-corrected chi connectivity index (χ0v) is 38.7. The summed E-state index contributed by atoms with van der Waals surface area (Å²) in [7, 11) is -4.42. The van der Waals surface area contributed by atoms with Crippen LogP contribution in [0.5, 0.6) is 0 Å². The Balaban J connectivity index is 4.33. The largest absolute Gasteiger partial charge is 0.472 e. The van der Waals surface area contributed by atoms with Crippen LogP contribution in [0.1, 0.15) is 206 Å². The second kappa shape index (κ2) is 44.2. The molecule has 0 spiro atoms. The lowest BCUT2D eigenvalue weighted by Crippen LogP contribution is -2.46. The van der Waals surface area contributed by atoms with Crippen LogP contribution in [0, 0.1) is 0 Å². The third kappa shape index (κ3) is 42.6. The molecular weight excluding hydrogens is 760 g/mol. The Morgan fingerprint density at radius 1 is 0.593 bits per heavy atom. The molecule has 0 saturated carbocycles. The standard InChI is InChI=1S/C49H91N2O7P/c1-3-5-7-9-11-13-15-17-19-21-22-23-24-25-26-28-30-32-34-36-38-40-46(52)44-49(54)51-47(45-58-59(55,56)57-43-42-50)48(53)41-39-37-35-33-31-29-27-20-18-16-14-12-10-8-6-4-2/h18,20,22-23,25-26,31,33,39,41,46-48,52-53H,3-17,19,21,24,27-30,32,34-38,40,42-45,50H2,1-2H3,(H,51,54)(H,55,56)/b20-18+,23-22-,26-25-,33-31+,41-39+. The summed E-state index contributed by atoms with van der Waals surface area (Å²) in [5, 5.41) is 24.1. The Kier molecular flexibility index (Phi) is 42.8. The second-order valence-electron chi connectivity index (χ2n) is 16.1. The number of hydrogen-bond acceptors (Lipinski definition) is 7. The van der Waals surface area contributed by atoms with Crippen LogP contribution in [0.2, 0.25) is 0 Å². The van der Waals surface area contributed by atoms with E-state index in [1.165, 1.54) is 103 Å². The first kappa shape index (κ1) is 57.2. The third-order valence-corrected chi connectivity index (χ3v) is 11.3. The molecule has 0 aromatic heterocycles. The summed E-state index contributed by atoms with van der Waals surface area (Å²) in [6.07, 6.45) is 53.1. The lowest BCUT2D eigenvalue weighted by molar-refractivity contribution is -0.124. The second-order valence-corrected chi connectivity index (χ2v) is 17.6. The van der Waals surface area contributed by atoms with E-state index in [0.29, 0.717) is 12.8 Å². The molecule has 0 saturated heterocycles. The average molecular weight is 851 g/mol. The van der Waals surface area contributed by atoms with Crippen molar-refractivity contribution in [1.29, 1.82) is 0 Å². The topological polar surface area (TPSA) is 151 Å². The summed E-state index contributed by atoms with van der Waals surface area (Å²) in [5.41, 5.74) is 5.37. The Morgan fingerprint density at radius 3 is 1.51 bits per heavy atom. The number of aliphatic hydroxyl groups is 2. The molecule has 4 atom stereocenters. The number of carbonyl (C=O) groups excluding carboxylic acids is 1. The van der Waals surface area contributed by atoms with E-state index in [4.69, 9.17) is 14.8 Å². The van der Waals surface area contributed by atoms with Crippen molar-refractivity contribution in [3.05, 3.63) is 60.8 Å². The molecule has 10 heteroatoms. The van der Waals surface area contributed by atoms with Crippen molar-refractivity contribution >= 4 is 13.7 Å². The van der Waals surface area contributed by atoms with Gasteiger partial charge in [-0.3, -0.25) is 13.8 Å². The van der Waals surface area contributed by atoms with Gasteiger partial charge in [0.05, 0.1) is 37.9 Å². The van der Waals surface area contributed by atoms with Crippen LogP contribution in [-0.2, 0) is 18.4 Å². The van der Waals surface area contributed by atoms with E-state index in [-0.39, 0.29) is 19.6 Å². The average Bonchev–Trinajstić information content (AvgIpc) is 3.21. The molecule has 6 N–H and O–H groups in total. The maximum atomic E-state index is 12.8. The quantitative estimate of drug-likeness (QED) is 0.0231. The first-order chi connectivity index (χ1) is 28.8. The minimum absolute atomic E-state index is 0.0383. The van der Waals surface area contributed by atoms with Gasteiger partial charge in [0.25, 0.3) is 0 Å². The Bertz CT molecular complexity index is 1130. The van der Waals surface area contributed by atoms with Gasteiger partial charge in [-0.1, -0.05) is 184 Å². The normalized spacial score (nSPS) is 15.0. The predicted octanol–water partition coefficient (Wildman–Crippen LogP) is 12.8. The molecule has 0 aliphatic carbocycles. The van der Waals surface area contributed by atoms with Gasteiger partial charge in [-0.15, -0.1) is 0 Å². The molecule has 4 unspecified atom stereocenters. The molecule has 59 heavy (non-hydrogen) atoms. The van der Waals surface area contributed by atoms with Crippen molar-refractivity contribution in [2.45, 2.75) is 225 Å². The molecule has 0 aromatic carbocycles. The molecule has 0 fully saturated rings. The molecule has 0 aliphatic rings. The number of carbonyl (C=O) groups is 1. The third-order valence-electron chi connectivity index (χ3n) is 10.3. The van der Waals surface area contributed by atoms with Gasteiger partial charge in [0, 0.05) is 6.54 Å². The highest BCUT2D eigenvalue weighted by Crippen LogP contribution is 2.43. The van der Waals surface area contributed by atoms with Crippen molar-refractivity contribution in [3.63, 3.8) is 0 Å². The number of aliphatic hydroxyl groups excluding tert-OH is 2. The van der Waals surface area contributed by atoms with Crippen LogP contribution in [-0.4, -0.2) is 59.0 Å². The van der Waals surface area contributed by atoms with Crippen molar-refractivity contribution in [3.8, 4) is 0 Å². The van der Waals surface area contributed by atoms with Crippen LogP contribution in [0.4, 0.5) is 0 Å². The van der Waals surface area contributed by atoms with Gasteiger partial charge in [-0.2, -0.15) is 0 Å². The summed E-state index contributed by atoms with van der Waals surface area (Å²) in [6.45, 7) is 3.93. The summed E-state index contributed by atoms with van der Waals surface area (Å²) in [6, 6.07) is -1.01. The fraction of sp³-hybridized carbons (Fsp3) is 0.776. The number of unbranched alkanes of at least 4 members (excludes halogenated alkanes) is 22. The smallest absolute Gasteiger partial charge is 0.393 e. The van der Waals surface area contributed by atoms with E-state index >= 15 is 0 Å². The molecule has 0 rings (SSSR count). The maximum Gasteiger partial charge on any atom is 0.472 e. The molecule has 0 aliphatic heterocycles. The summed E-state index contributed by atoms with van der Waals surface area (Å²) in [4.78, 5) is 22.8. The van der Waals surface area contributed by atoms with E-state index in [9.17, 15) is 24.5 Å². The van der Waals surface area contributed by atoms with Crippen LogP contribution < -0.4 is 11.1 Å². The van der Waals surface area contributed by atoms with Gasteiger partial charge >= 0.3 is 7.82 Å². The Hall–Kier alpha value is -1.84. The number of amides is 1. The minimum atomic E-state index is -4.42. The number of phosphoric ester groups is 1. The van der Waals surface area contributed by atoms with Crippen molar-refractivity contribution in [1.82, 2.24) is 5.32 Å². The number of allylic oxidation sites excluding steroid dienone is 9. The Labute approximate surface area is 362 Å². The molecule has 0 aromatic rings. The summed E-state index contributed by atoms with van der Waals surface area (Å²) in [5.74, 6) is -0.469. The minimum Gasteiger partial charge on any atom is -0.393 e. The van der Waals surface area contributed by atoms with Gasteiger partial charge in [-0.25, -0.2) is 4.57 Å². The first-order valence-electron chi connectivity index (χ1n) is 24.0. The highest BCUT2D eigenvalue weighted by molar-refractivity contribution is 7.47. The molecular formula is C49H91N2O7P. The van der Waals surface area contributed by atoms with Crippen LogP contribution >= 0.6 is 7.82 Å². The van der Waals surface area contributed by atoms with Crippen molar-refractivity contribution in [2.24, 2.45) is 5.73 Å². The monoisotopic (exact) mass is 851 g/mol. The summed E-state index contributed by atoms with van der Waals surface area (Å²) < 4.78 is 22.1. The van der Waals surface area contributed by atoms with Gasteiger partial charge < -0.3 is 26.2 Å². The van der Waals surface area contributed by atoms with E-state index in [1.807, 2.05) is 6.08 Å². The zero-order valence-electron chi connectivity index (χ0n) is 37.8. The molecule has 1 amide bonds. The van der Waals surface area contributed by atoms with Gasteiger partial charge in [0.1, 0.15) is 0 Å². The van der Waals surface area contributed by atoms with Crippen LogP contribution in [0.25, 0.3) is 0 Å². The first-order valence-corrected chi connectivity index (χ1v) is 25.5. The highest BCUT2D eigenvalue weighted by atomic mass is 31.2. The molecule has 0 radical (unpaired) electrons. The van der Waals surface area contributed by atoms with Gasteiger partial charge in [0.2, 0.25) is 5.91 Å². The highest BCUT2D eigenvalue weighted by Gasteiger charge is 2.27. The molecule has 0 heterocycles. The summed E-state index contributed by atoms with van der Waals surface area (Å²) >= 11 is 0. The lowest BCUT2D eigenvalue weighted by atomic mass is 10.0. The fourth-order valence-corrected chi connectivity index (χ4v) is 7.47. The number of rotatable bonds is 44. The van der Waals surface area contributed by atoms with Crippen LogP contribution in [0.15, 0.2) is 60.8 Å². The van der Waals surface area contributed by atoms with Gasteiger partial charge in [-0.05, 0) is 77.0 Å². The molecule has 0 bridgehead atoms. The van der Waals surface area contributed by atoms with Crippen LogP contribution in [0.3, 0.4) is 0 Å². The number of nitrogens with two attached hydrogens (primary N) is 1. The van der Waals surface area contributed by atoms with E-state index in [0.717, 1.165) is 70.6 Å². The van der Waals surface area contributed by atoms with Crippen molar-refractivity contribution < 1.29 is 33.5 Å². The fourth-order valence-electron chi connectivity index (χ4n) is 6.71. The number of hydrogen-bond donors (Lipinski definition) is 5. The van der Waals surface area contributed by atoms with Gasteiger partial charge in [0.15, 0.2) is 0 Å². The lowest BCUT2D eigenvalue weighted by Gasteiger charge is -2.24. The van der Waals surface area contributed by atoms with E-state index in [1.54, 1.807) is 6.08 Å². The number of nitrogens with one attached hydrogen (secondary N) is 1. The number of phosphoric acid groups is 1. The molecule has 344 valence electrons. The molecule has 9 nitrogen and oxygen atoms in total.